The van der Waals surface area contributed by atoms with Crippen molar-refractivity contribution >= 4 is 11.6 Å². The van der Waals surface area contributed by atoms with E-state index in [0.717, 1.165) is 25.3 Å². The Labute approximate surface area is 102 Å². The van der Waals surface area contributed by atoms with Crippen LogP contribution in [0, 0.1) is 0 Å². The minimum Gasteiger partial charge on any atom is -0.490 e. The molecule has 0 aliphatic carbocycles. The van der Waals surface area contributed by atoms with Gasteiger partial charge in [0, 0.05) is 13.6 Å². The molecule has 0 bridgehead atoms. The summed E-state index contributed by atoms with van der Waals surface area (Å²) in [7, 11) is 7.54. The first-order valence-corrected chi connectivity index (χ1v) is 5.64. The number of nitrogens with zero attached hydrogens (tertiary/aromatic N) is 3. The zero-order valence-corrected chi connectivity index (χ0v) is 10.9. The van der Waals surface area contributed by atoms with E-state index in [0.29, 0.717) is 11.6 Å². The summed E-state index contributed by atoms with van der Waals surface area (Å²) >= 11 is 0. The van der Waals surface area contributed by atoms with Crippen LogP contribution in [0.5, 0.6) is 5.75 Å². The largest absolute Gasteiger partial charge is 0.490 e. The van der Waals surface area contributed by atoms with Crippen molar-refractivity contribution in [3.8, 4) is 5.75 Å². The van der Waals surface area contributed by atoms with Crippen LogP contribution in [-0.4, -0.2) is 56.2 Å². The zero-order valence-electron chi connectivity index (χ0n) is 10.9. The standard InChI is InChI=1S/C11H21N5O/c1-12-10-9(17-4)11(15-8-14-10)13-6-5-7-16(2)3/h8H,5-7H2,1-4H3,(H2,12,13,14,15). The predicted octanol–water partition coefficient (Wildman–Crippen LogP) is 0.890. The van der Waals surface area contributed by atoms with E-state index in [4.69, 9.17) is 4.74 Å². The molecule has 1 aromatic heterocycles. The molecule has 0 aliphatic rings. The van der Waals surface area contributed by atoms with Gasteiger partial charge in [-0.2, -0.15) is 0 Å². The van der Waals surface area contributed by atoms with Gasteiger partial charge in [0.15, 0.2) is 11.6 Å². The fourth-order valence-electron chi connectivity index (χ4n) is 1.47. The van der Waals surface area contributed by atoms with E-state index in [-0.39, 0.29) is 0 Å². The molecule has 0 atom stereocenters. The molecule has 6 heteroatoms. The van der Waals surface area contributed by atoms with Crippen LogP contribution in [0.2, 0.25) is 0 Å². The quantitative estimate of drug-likeness (QED) is 0.689. The van der Waals surface area contributed by atoms with Gasteiger partial charge in [0.1, 0.15) is 6.33 Å². The van der Waals surface area contributed by atoms with Crippen LogP contribution < -0.4 is 15.4 Å². The molecule has 96 valence electrons. The molecule has 0 aliphatic heterocycles. The Morgan fingerprint density at radius 1 is 1.29 bits per heavy atom. The molecule has 0 spiro atoms. The minimum atomic E-state index is 0.653. The van der Waals surface area contributed by atoms with Crippen molar-refractivity contribution in [2.75, 3.05) is 52.0 Å². The van der Waals surface area contributed by atoms with Crippen LogP contribution in [0.4, 0.5) is 11.6 Å². The molecule has 1 heterocycles. The summed E-state index contributed by atoms with van der Waals surface area (Å²) < 4.78 is 5.29. The van der Waals surface area contributed by atoms with E-state index in [2.05, 4.69) is 39.6 Å². The van der Waals surface area contributed by atoms with Gasteiger partial charge in [-0.05, 0) is 27.1 Å². The second kappa shape index (κ2) is 6.90. The van der Waals surface area contributed by atoms with E-state index in [1.807, 2.05) is 0 Å². The molecule has 0 unspecified atom stereocenters. The highest BCUT2D eigenvalue weighted by Gasteiger charge is 2.09. The molecule has 0 amide bonds. The van der Waals surface area contributed by atoms with Gasteiger partial charge >= 0.3 is 0 Å². The number of hydrogen-bond acceptors (Lipinski definition) is 6. The molecule has 0 fully saturated rings. The summed E-state index contributed by atoms with van der Waals surface area (Å²) in [5, 5.41) is 6.22. The van der Waals surface area contributed by atoms with Gasteiger partial charge in [0.2, 0.25) is 5.75 Å². The van der Waals surface area contributed by atoms with Crippen molar-refractivity contribution in [2.24, 2.45) is 0 Å². The topological polar surface area (TPSA) is 62.3 Å². The Morgan fingerprint density at radius 2 is 2.00 bits per heavy atom. The molecular weight excluding hydrogens is 218 g/mol. The van der Waals surface area contributed by atoms with Crippen LogP contribution in [0.1, 0.15) is 6.42 Å². The van der Waals surface area contributed by atoms with Gasteiger partial charge in [0.25, 0.3) is 0 Å². The molecular formula is C11H21N5O. The van der Waals surface area contributed by atoms with Crippen molar-refractivity contribution in [1.82, 2.24) is 14.9 Å². The molecule has 1 rings (SSSR count). The average Bonchev–Trinajstić information content (AvgIpc) is 2.33. The second-order valence-corrected chi connectivity index (χ2v) is 3.94. The maximum absolute atomic E-state index is 5.29. The van der Waals surface area contributed by atoms with Crippen molar-refractivity contribution < 1.29 is 4.74 Å². The Morgan fingerprint density at radius 3 is 2.59 bits per heavy atom. The highest BCUT2D eigenvalue weighted by molar-refractivity contribution is 5.63. The van der Waals surface area contributed by atoms with E-state index < -0.39 is 0 Å². The average molecular weight is 239 g/mol. The Bertz CT molecular complexity index is 343. The lowest BCUT2D eigenvalue weighted by Gasteiger charge is -2.13. The van der Waals surface area contributed by atoms with Crippen molar-refractivity contribution in [3.05, 3.63) is 6.33 Å². The fourth-order valence-corrected chi connectivity index (χ4v) is 1.47. The highest BCUT2D eigenvalue weighted by Crippen LogP contribution is 2.28. The third-order valence-electron chi connectivity index (χ3n) is 2.32. The van der Waals surface area contributed by atoms with Gasteiger partial charge in [-0.15, -0.1) is 0 Å². The van der Waals surface area contributed by atoms with E-state index >= 15 is 0 Å². The Balaban J connectivity index is 2.58. The van der Waals surface area contributed by atoms with Gasteiger partial charge in [-0.3, -0.25) is 0 Å². The summed E-state index contributed by atoms with van der Waals surface area (Å²) in [6.07, 6.45) is 2.57. The first-order chi connectivity index (χ1) is 8.19. The molecule has 6 nitrogen and oxygen atoms in total. The predicted molar refractivity (Wildman–Crippen MR) is 69.8 cm³/mol. The monoisotopic (exact) mass is 239 g/mol. The van der Waals surface area contributed by atoms with Crippen molar-refractivity contribution in [1.29, 1.82) is 0 Å². The van der Waals surface area contributed by atoms with Crippen molar-refractivity contribution in [2.45, 2.75) is 6.42 Å². The lowest BCUT2D eigenvalue weighted by atomic mass is 10.4. The van der Waals surface area contributed by atoms with E-state index in [1.165, 1.54) is 6.33 Å². The number of rotatable bonds is 7. The van der Waals surface area contributed by atoms with Crippen LogP contribution in [0.3, 0.4) is 0 Å². The van der Waals surface area contributed by atoms with E-state index in [1.54, 1.807) is 14.2 Å². The van der Waals surface area contributed by atoms with Crippen LogP contribution in [0.15, 0.2) is 6.33 Å². The Kier molecular flexibility index (Phi) is 5.48. The van der Waals surface area contributed by atoms with E-state index in [9.17, 15) is 0 Å². The number of methoxy groups -OCH3 is 1. The molecule has 17 heavy (non-hydrogen) atoms. The number of ether oxygens (including phenoxy) is 1. The molecule has 0 saturated heterocycles. The van der Waals surface area contributed by atoms with Gasteiger partial charge < -0.3 is 20.3 Å². The zero-order chi connectivity index (χ0) is 12.7. The molecule has 0 radical (unpaired) electrons. The normalized spacial score (nSPS) is 10.4. The SMILES string of the molecule is CNc1ncnc(NCCCN(C)C)c1OC. The van der Waals surface area contributed by atoms with Gasteiger partial charge in [0.05, 0.1) is 7.11 Å². The summed E-state index contributed by atoms with van der Waals surface area (Å²) in [6, 6.07) is 0. The second-order valence-electron chi connectivity index (χ2n) is 3.94. The van der Waals surface area contributed by atoms with Gasteiger partial charge in [-0.25, -0.2) is 9.97 Å². The summed E-state index contributed by atoms with van der Waals surface area (Å²) in [6.45, 7) is 1.90. The number of anilines is 2. The maximum Gasteiger partial charge on any atom is 0.204 e. The van der Waals surface area contributed by atoms with Crippen molar-refractivity contribution in [3.63, 3.8) is 0 Å². The summed E-state index contributed by atoms with van der Waals surface area (Å²) in [4.78, 5) is 10.4. The summed E-state index contributed by atoms with van der Waals surface area (Å²) in [5.74, 6) is 2.07. The summed E-state index contributed by atoms with van der Waals surface area (Å²) in [5.41, 5.74) is 0. The number of aromatic nitrogens is 2. The molecule has 2 N–H and O–H groups in total. The molecule has 1 aromatic rings. The number of nitrogens with one attached hydrogen (secondary N) is 2. The third-order valence-corrected chi connectivity index (χ3v) is 2.32. The Hall–Kier alpha value is -1.56. The van der Waals surface area contributed by atoms with Crippen LogP contribution in [0.25, 0.3) is 0 Å². The third kappa shape index (κ3) is 4.07. The minimum absolute atomic E-state index is 0.653. The van der Waals surface area contributed by atoms with Crippen LogP contribution in [-0.2, 0) is 0 Å². The van der Waals surface area contributed by atoms with Crippen LogP contribution >= 0.6 is 0 Å². The maximum atomic E-state index is 5.29. The lowest BCUT2D eigenvalue weighted by Crippen LogP contribution is -2.17. The fraction of sp³-hybridized carbons (Fsp3) is 0.636. The molecule has 0 aromatic carbocycles. The smallest absolute Gasteiger partial charge is 0.204 e. The molecule has 0 saturated carbocycles. The first kappa shape index (κ1) is 13.5. The number of hydrogen-bond donors (Lipinski definition) is 2. The van der Waals surface area contributed by atoms with Gasteiger partial charge in [-0.1, -0.05) is 0 Å². The lowest BCUT2D eigenvalue weighted by molar-refractivity contribution is 0.403. The first-order valence-electron chi connectivity index (χ1n) is 5.64. The highest BCUT2D eigenvalue weighted by atomic mass is 16.5.